The van der Waals surface area contributed by atoms with Gasteiger partial charge < -0.3 is 20.1 Å². The molecule has 0 aliphatic rings. The van der Waals surface area contributed by atoms with E-state index in [9.17, 15) is 9.59 Å². The smallest absolute Gasteiger partial charge is 0.262 e. The maximum absolute atomic E-state index is 12.1. The number of amides is 2. The van der Waals surface area contributed by atoms with Crippen molar-refractivity contribution in [1.29, 1.82) is 0 Å². The predicted molar refractivity (Wildman–Crippen MR) is 109 cm³/mol. The van der Waals surface area contributed by atoms with Gasteiger partial charge in [0.25, 0.3) is 11.8 Å². The average molecular weight is 476 g/mol. The first-order valence-corrected chi connectivity index (χ1v) is 9.40. The molecule has 9 heteroatoms. The lowest BCUT2D eigenvalue weighted by Gasteiger charge is -2.11. The third-order valence-electron chi connectivity index (χ3n) is 3.31. The molecule has 0 aliphatic heterocycles. The van der Waals surface area contributed by atoms with E-state index in [4.69, 9.17) is 32.7 Å². The van der Waals surface area contributed by atoms with Crippen LogP contribution < -0.4 is 15.4 Å². The molecule has 27 heavy (non-hydrogen) atoms. The molecule has 2 N–H and O–H groups in total. The normalized spacial score (nSPS) is 10.4. The second kappa shape index (κ2) is 10.5. The standard InChI is InChI=1S/C18H17BrCl2N2O4/c1-26-6-5-22-18(25)11-3-2-4-13(7-11)23-16(24)10-27-17-14(19)8-12(20)9-15(17)21/h2-4,7-9H,5-6,10H2,1H3,(H,22,25)(H,23,24). The number of rotatable bonds is 8. The van der Waals surface area contributed by atoms with E-state index in [0.29, 0.717) is 39.6 Å². The summed E-state index contributed by atoms with van der Waals surface area (Å²) in [6.45, 7) is 0.559. The van der Waals surface area contributed by atoms with Gasteiger partial charge in [0, 0.05) is 29.9 Å². The molecule has 144 valence electrons. The Balaban J connectivity index is 1.94. The number of carbonyl (C=O) groups is 2. The third kappa shape index (κ3) is 6.70. The van der Waals surface area contributed by atoms with Crippen LogP contribution in [-0.2, 0) is 9.53 Å². The van der Waals surface area contributed by atoms with Gasteiger partial charge in [-0.3, -0.25) is 9.59 Å². The molecule has 2 aromatic carbocycles. The van der Waals surface area contributed by atoms with Crippen molar-refractivity contribution in [3.05, 3.63) is 56.5 Å². The Hall–Kier alpha value is -1.80. The number of hydrogen-bond acceptors (Lipinski definition) is 4. The van der Waals surface area contributed by atoms with Crippen LogP contribution in [-0.4, -0.2) is 38.7 Å². The van der Waals surface area contributed by atoms with Gasteiger partial charge in [0.15, 0.2) is 12.4 Å². The molecule has 2 aromatic rings. The minimum absolute atomic E-state index is 0.253. The van der Waals surface area contributed by atoms with Crippen molar-refractivity contribution in [3.63, 3.8) is 0 Å². The Kier molecular flexibility index (Phi) is 8.37. The Morgan fingerprint density at radius 2 is 1.96 bits per heavy atom. The highest BCUT2D eigenvalue weighted by atomic mass is 79.9. The Morgan fingerprint density at radius 1 is 1.19 bits per heavy atom. The molecule has 0 saturated heterocycles. The molecule has 0 heterocycles. The molecule has 0 radical (unpaired) electrons. The number of nitrogens with one attached hydrogen (secondary N) is 2. The van der Waals surface area contributed by atoms with E-state index in [-0.39, 0.29) is 17.5 Å². The summed E-state index contributed by atoms with van der Waals surface area (Å²) < 4.78 is 10.9. The maximum atomic E-state index is 12.1. The molecule has 0 saturated carbocycles. The number of ether oxygens (including phenoxy) is 2. The molecular weight excluding hydrogens is 459 g/mol. The number of anilines is 1. The molecule has 0 fully saturated rings. The van der Waals surface area contributed by atoms with E-state index in [1.807, 2.05) is 0 Å². The van der Waals surface area contributed by atoms with Crippen molar-refractivity contribution in [3.8, 4) is 5.75 Å². The lowest BCUT2D eigenvalue weighted by atomic mass is 10.2. The van der Waals surface area contributed by atoms with Crippen LogP contribution in [0.3, 0.4) is 0 Å². The second-order valence-electron chi connectivity index (χ2n) is 5.36. The number of hydrogen-bond donors (Lipinski definition) is 2. The fourth-order valence-corrected chi connectivity index (χ4v) is 3.48. The first kappa shape index (κ1) is 21.5. The second-order valence-corrected chi connectivity index (χ2v) is 7.06. The molecule has 2 amide bonds. The minimum Gasteiger partial charge on any atom is -0.481 e. The largest absolute Gasteiger partial charge is 0.481 e. The van der Waals surface area contributed by atoms with Crippen molar-refractivity contribution in [2.45, 2.75) is 0 Å². The van der Waals surface area contributed by atoms with Gasteiger partial charge in [-0.2, -0.15) is 0 Å². The fraction of sp³-hybridized carbons (Fsp3) is 0.222. The van der Waals surface area contributed by atoms with Crippen LogP contribution in [0.15, 0.2) is 40.9 Å². The Morgan fingerprint density at radius 3 is 2.67 bits per heavy atom. The number of benzene rings is 2. The summed E-state index contributed by atoms with van der Waals surface area (Å²) in [5.74, 6) is -0.330. The summed E-state index contributed by atoms with van der Waals surface area (Å²) in [6, 6.07) is 9.71. The molecular formula is C18H17BrCl2N2O4. The van der Waals surface area contributed by atoms with Gasteiger partial charge in [-0.05, 0) is 46.3 Å². The lowest BCUT2D eigenvalue weighted by molar-refractivity contribution is -0.118. The van der Waals surface area contributed by atoms with Crippen LogP contribution in [0.5, 0.6) is 5.75 Å². The first-order chi connectivity index (χ1) is 12.9. The average Bonchev–Trinajstić information content (AvgIpc) is 2.61. The van der Waals surface area contributed by atoms with Crippen molar-refractivity contribution in [2.75, 3.05) is 32.2 Å². The number of carbonyl (C=O) groups excluding carboxylic acids is 2. The predicted octanol–water partition coefficient (Wildman–Crippen LogP) is 4.15. The van der Waals surface area contributed by atoms with Crippen molar-refractivity contribution < 1.29 is 19.1 Å². The highest BCUT2D eigenvalue weighted by Crippen LogP contribution is 2.36. The van der Waals surface area contributed by atoms with E-state index >= 15 is 0 Å². The Labute approximate surface area is 175 Å². The number of halogens is 3. The van der Waals surface area contributed by atoms with E-state index in [1.165, 1.54) is 6.07 Å². The van der Waals surface area contributed by atoms with E-state index in [2.05, 4.69) is 26.6 Å². The minimum atomic E-state index is -0.398. The monoisotopic (exact) mass is 474 g/mol. The van der Waals surface area contributed by atoms with Crippen LogP contribution in [0.2, 0.25) is 10.0 Å². The van der Waals surface area contributed by atoms with Crippen LogP contribution in [0, 0.1) is 0 Å². The lowest BCUT2D eigenvalue weighted by Crippen LogP contribution is -2.27. The first-order valence-electron chi connectivity index (χ1n) is 7.85. The third-order valence-corrected chi connectivity index (χ3v) is 4.40. The van der Waals surface area contributed by atoms with Gasteiger partial charge in [0.1, 0.15) is 0 Å². The molecule has 0 bridgehead atoms. The van der Waals surface area contributed by atoms with Crippen LogP contribution in [0.1, 0.15) is 10.4 Å². The zero-order chi connectivity index (χ0) is 19.8. The van der Waals surface area contributed by atoms with Gasteiger partial charge in [-0.15, -0.1) is 0 Å². The van der Waals surface area contributed by atoms with Crippen molar-refractivity contribution in [2.24, 2.45) is 0 Å². The summed E-state index contributed by atoms with van der Waals surface area (Å²) in [5, 5.41) is 6.12. The van der Waals surface area contributed by atoms with E-state index in [1.54, 1.807) is 37.4 Å². The van der Waals surface area contributed by atoms with Crippen LogP contribution in [0.4, 0.5) is 5.69 Å². The van der Waals surface area contributed by atoms with Crippen molar-refractivity contribution >= 4 is 56.6 Å². The van der Waals surface area contributed by atoms with Crippen LogP contribution in [0.25, 0.3) is 0 Å². The molecule has 0 unspecified atom stereocenters. The summed E-state index contributed by atoms with van der Waals surface area (Å²) in [4.78, 5) is 24.2. The number of methoxy groups -OCH3 is 1. The molecule has 0 atom stereocenters. The van der Waals surface area contributed by atoms with Crippen LogP contribution >= 0.6 is 39.1 Å². The summed E-state index contributed by atoms with van der Waals surface area (Å²) in [6.07, 6.45) is 0. The SMILES string of the molecule is COCCNC(=O)c1cccc(NC(=O)COc2c(Cl)cc(Cl)cc2Br)c1. The quantitative estimate of drug-likeness (QED) is 0.562. The fourth-order valence-electron chi connectivity index (χ4n) is 2.11. The van der Waals surface area contributed by atoms with Gasteiger partial charge >= 0.3 is 0 Å². The maximum Gasteiger partial charge on any atom is 0.262 e. The van der Waals surface area contributed by atoms with Gasteiger partial charge in [-0.25, -0.2) is 0 Å². The Bertz CT molecular complexity index is 810. The molecule has 0 aromatic heterocycles. The van der Waals surface area contributed by atoms with E-state index in [0.717, 1.165) is 0 Å². The summed E-state index contributed by atoms with van der Waals surface area (Å²) in [5.41, 5.74) is 0.901. The zero-order valence-electron chi connectivity index (χ0n) is 14.4. The molecule has 2 rings (SSSR count). The highest BCUT2D eigenvalue weighted by molar-refractivity contribution is 9.10. The van der Waals surface area contributed by atoms with Gasteiger partial charge in [0.05, 0.1) is 16.1 Å². The topological polar surface area (TPSA) is 76.7 Å². The summed E-state index contributed by atoms with van der Waals surface area (Å²) in [7, 11) is 1.56. The van der Waals surface area contributed by atoms with Crippen molar-refractivity contribution in [1.82, 2.24) is 5.32 Å². The molecule has 0 aliphatic carbocycles. The van der Waals surface area contributed by atoms with Gasteiger partial charge in [-0.1, -0.05) is 29.3 Å². The highest BCUT2D eigenvalue weighted by Gasteiger charge is 2.12. The molecule has 0 spiro atoms. The van der Waals surface area contributed by atoms with Gasteiger partial charge in [0.2, 0.25) is 0 Å². The van der Waals surface area contributed by atoms with E-state index < -0.39 is 5.91 Å². The molecule has 6 nitrogen and oxygen atoms in total. The summed E-state index contributed by atoms with van der Waals surface area (Å²) >= 11 is 15.2. The zero-order valence-corrected chi connectivity index (χ0v) is 17.5.